The zero-order chi connectivity index (χ0) is 13.1. The maximum absolute atomic E-state index is 9.29. The second-order valence-electron chi connectivity index (χ2n) is 5.12. The molecule has 1 aliphatic rings. The van der Waals surface area contributed by atoms with Crippen molar-refractivity contribution < 1.29 is 0 Å². The van der Waals surface area contributed by atoms with Crippen LogP contribution in [-0.4, -0.2) is 9.78 Å². The highest BCUT2D eigenvalue weighted by atomic mass is 15.3. The van der Waals surface area contributed by atoms with Gasteiger partial charge in [-0.2, -0.15) is 10.4 Å². The Morgan fingerprint density at radius 1 is 1.11 bits per heavy atom. The van der Waals surface area contributed by atoms with Crippen molar-refractivity contribution in [3.8, 4) is 17.3 Å². The largest absolute Gasteiger partial charge is 0.260 e. The van der Waals surface area contributed by atoms with Crippen molar-refractivity contribution >= 4 is 0 Å². The van der Waals surface area contributed by atoms with Crippen LogP contribution in [0.1, 0.15) is 43.7 Å². The van der Waals surface area contributed by atoms with Gasteiger partial charge in [-0.3, -0.25) is 4.68 Å². The summed E-state index contributed by atoms with van der Waals surface area (Å²) in [5.74, 6) is 0. The molecule has 0 atom stereocenters. The quantitative estimate of drug-likeness (QED) is 0.811. The van der Waals surface area contributed by atoms with E-state index in [-0.39, 0.29) is 0 Å². The van der Waals surface area contributed by atoms with Crippen LogP contribution in [0.25, 0.3) is 11.3 Å². The molecule has 0 bridgehead atoms. The van der Waals surface area contributed by atoms with Gasteiger partial charge in [0.05, 0.1) is 23.5 Å². The number of hydrogen-bond acceptors (Lipinski definition) is 2. The fourth-order valence-electron chi connectivity index (χ4n) is 2.93. The Hall–Kier alpha value is -2.08. The van der Waals surface area contributed by atoms with Gasteiger partial charge < -0.3 is 0 Å². The topological polar surface area (TPSA) is 41.6 Å². The SMILES string of the molecule is N#Cc1cnn(C2CCCCC2)c1-c1ccccc1. The molecule has 3 nitrogen and oxygen atoms in total. The summed E-state index contributed by atoms with van der Waals surface area (Å²) in [5.41, 5.74) is 2.74. The lowest BCUT2D eigenvalue weighted by Gasteiger charge is -2.24. The van der Waals surface area contributed by atoms with Crippen molar-refractivity contribution in [1.82, 2.24) is 9.78 Å². The van der Waals surface area contributed by atoms with Crippen LogP contribution in [0.3, 0.4) is 0 Å². The fourth-order valence-corrected chi connectivity index (χ4v) is 2.93. The van der Waals surface area contributed by atoms with E-state index in [2.05, 4.69) is 28.0 Å². The van der Waals surface area contributed by atoms with Crippen molar-refractivity contribution in [2.45, 2.75) is 38.1 Å². The highest BCUT2D eigenvalue weighted by Crippen LogP contribution is 2.33. The van der Waals surface area contributed by atoms with Gasteiger partial charge in [0.1, 0.15) is 6.07 Å². The van der Waals surface area contributed by atoms with Crippen molar-refractivity contribution in [3.05, 3.63) is 42.1 Å². The highest BCUT2D eigenvalue weighted by molar-refractivity contribution is 5.66. The van der Waals surface area contributed by atoms with Crippen LogP contribution >= 0.6 is 0 Å². The van der Waals surface area contributed by atoms with Crippen molar-refractivity contribution in [2.24, 2.45) is 0 Å². The third-order valence-electron chi connectivity index (χ3n) is 3.88. The van der Waals surface area contributed by atoms with Gasteiger partial charge in [0.2, 0.25) is 0 Å². The van der Waals surface area contributed by atoms with Crippen LogP contribution < -0.4 is 0 Å². The number of nitriles is 1. The first kappa shape index (κ1) is 12.0. The summed E-state index contributed by atoms with van der Waals surface area (Å²) in [7, 11) is 0. The minimum atomic E-state index is 0.450. The minimum absolute atomic E-state index is 0.450. The molecule has 0 spiro atoms. The number of rotatable bonds is 2. The molecule has 1 aliphatic carbocycles. The standard InChI is InChI=1S/C16H17N3/c17-11-14-12-18-19(15-9-5-2-6-10-15)16(14)13-7-3-1-4-8-13/h1,3-4,7-8,12,15H,2,5-6,9-10H2. The maximum Gasteiger partial charge on any atom is 0.103 e. The summed E-state index contributed by atoms with van der Waals surface area (Å²) >= 11 is 0. The molecule has 3 heteroatoms. The van der Waals surface area contributed by atoms with Crippen LogP contribution in [0, 0.1) is 11.3 Å². The van der Waals surface area contributed by atoms with Crippen LogP contribution in [0.5, 0.6) is 0 Å². The molecular weight excluding hydrogens is 234 g/mol. The average molecular weight is 251 g/mol. The molecule has 2 aromatic rings. The predicted octanol–water partition coefficient (Wildman–Crippen LogP) is 3.93. The molecule has 0 amide bonds. The summed E-state index contributed by atoms with van der Waals surface area (Å²) in [5, 5.41) is 13.8. The van der Waals surface area contributed by atoms with E-state index in [1.807, 2.05) is 18.2 Å². The third-order valence-corrected chi connectivity index (χ3v) is 3.88. The fraction of sp³-hybridized carbons (Fsp3) is 0.375. The molecule has 0 saturated heterocycles. The Balaban J connectivity index is 2.06. The Morgan fingerprint density at radius 2 is 1.84 bits per heavy atom. The summed E-state index contributed by atoms with van der Waals surface area (Å²) < 4.78 is 2.08. The molecule has 1 aromatic carbocycles. The van der Waals surface area contributed by atoms with Gasteiger partial charge in [-0.1, -0.05) is 49.6 Å². The zero-order valence-electron chi connectivity index (χ0n) is 10.9. The normalized spacial score (nSPS) is 16.2. The second kappa shape index (κ2) is 5.27. The molecular formula is C16H17N3. The van der Waals surface area contributed by atoms with Crippen LogP contribution in [0.4, 0.5) is 0 Å². The van der Waals surface area contributed by atoms with E-state index in [9.17, 15) is 5.26 Å². The lowest BCUT2D eigenvalue weighted by atomic mass is 9.95. The number of benzene rings is 1. The number of nitrogens with zero attached hydrogens (tertiary/aromatic N) is 3. The molecule has 3 rings (SSSR count). The molecule has 0 N–H and O–H groups in total. The molecule has 1 fully saturated rings. The summed E-state index contributed by atoms with van der Waals surface area (Å²) in [6, 6.07) is 12.8. The summed E-state index contributed by atoms with van der Waals surface area (Å²) in [4.78, 5) is 0. The van der Waals surface area contributed by atoms with Gasteiger partial charge in [0, 0.05) is 5.56 Å². The van der Waals surface area contributed by atoms with Gasteiger partial charge in [0.15, 0.2) is 0 Å². The Kier molecular flexibility index (Phi) is 3.33. The monoisotopic (exact) mass is 251 g/mol. The van der Waals surface area contributed by atoms with E-state index in [0.29, 0.717) is 11.6 Å². The second-order valence-corrected chi connectivity index (χ2v) is 5.12. The van der Waals surface area contributed by atoms with Crippen molar-refractivity contribution in [1.29, 1.82) is 5.26 Å². The van der Waals surface area contributed by atoms with Crippen LogP contribution in [0.15, 0.2) is 36.5 Å². The smallest absolute Gasteiger partial charge is 0.103 e. The molecule has 19 heavy (non-hydrogen) atoms. The number of hydrogen-bond donors (Lipinski definition) is 0. The van der Waals surface area contributed by atoms with E-state index in [1.165, 1.54) is 32.1 Å². The van der Waals surface area contributed by atoms with E-state index in [1.54, 1.807) is 6.20 Å². The lowest BCUT2D eigenvalue weighted by Crippen LogP contribution is -2.15. The van der Waals surface area contributed by atoms with Crippen LogP contribution in [-0.2, 0) is 0 Å². The Morgan fingerprint density at radius 3 is 2.53 bits per heavy atom. The van der Waals surface area contributed by atoms with E-state index < -0.39 is 0 Å². The molecule has 1 aromatic heterocycles. The van der Waals surface area contributed by atoms with Gasteiger partial charge in [-0.05, 0) is 12.8 Å². The van der Waals surface area contributed by atoms with Crippen LogP contribution in [0.2, 0.25) is 0 Å². The van der Waals surface area contributed by atoms with Gasteiger partial charge >= 0.3 is 0 Å². The van der Waals surface area contributed by atoms with E-state index in [4.69, 9.17) is 0 Å². The zero-order valence-corrected chi connectivity index (χ0v) is 10.9. The Labute approximate surface area is 113 Å². The molecule has 0 unspecified atom stereocenters. The molecule has 0 aliphatic heterocycles. The first-order valence-electron chi connectivity index (χ1n) is 6.93. The molecule has 0 radical (unpaired) electrons. The lowest BCUT2D eigenvalue weighted by molar-refractivity contribution is 0.332. The van der Waals surface area contributed by atoms with Crippen molar-refractivity contribution in [3.63, 3.8) is 0 Å². The van der Waals surface area contributed by atoms with Gasteiger partial charge in [0.25, 0.3) is 0 Å². The van der Waals surface area contributed by atoms with Gasteiger partial charge in [-0.15, -0.1) is 0 Å². The summed E-state index contributed by atoms with van der Waals surface area (Å²) in [6.07, 6.45) is 7.90. The first-order chi connectivity index (χ1) is 9.40. The molecule has 1 saturated carbocycles. The minimum Gasteiger partial charge on any atom is -0.260 e. The predicted molar refractivity (Wildman–Crippen MR) is 74.5 cm³/mol. The van der Waals surface area contributed by atoms with E-state index >= 15 is 0 Å². The Bertz CT molecular complexity index is 586. The third kappa shape index (κ3) is 2.26. The summed E-state index contributed by atoms with van der Waals surface area (Å²) in [6.45, 7) is 0. The average Bonchev–Trinajstić information content (AvgIpc) is 2.93. The molecule has 1 heterocycles. The van der Waals surface area contributed by atoms with Gasteiger partial charge in [-0.25, -0.2) is 0 Å². The van der Waals surface area contributed by atoms with Crippen molar-refractivity contribution in [2.75, 3.05) is 0 Å². The molecule has 96 valence electrons. The first-order valence-corrected chi connectivity index (χ1v) is 6.93. The highest BCUT2D eigenvalue weighted by Gasteiger charge is 2.21. The maximum atomic E-state index is 9.29. The van der Waals surface area contributed by atoms with E-state index in [0.717, 1.165) is 11.3 Å². The number of aromatic nitrogens is 2.